The highest BCUT2D eigenvalue weighted by Gasteiger charge is 2.16. The van der Waals surface area contributed by atoms with Gasteiger partial charge in [0.1, 0.15) is 0 Å². The van der Waals surface area contributed by atoms with Crippen LogP contribution in [0.5, 0.6) is 0 Å². The highest BCUT2D eigenvalue weighted by molar-refractivity contribution is 7.99. The summed E-state index contributed by atoms with van der Waals surface area (Å²) in [6, 6.07) is 8.21. The molecule has 2 unspecified atom stereocenters. The monoisotopic (exact) mass is 281 g/mol. The van der Waals surface area contributed by atoms with Crippen LogP contribution in [0.1, 0.15) is 24.5 Å². The molecule has 2 atom stereocenters. The number of aliphatic hydroxyl groups excluding tert-OH is 1. The molecule has 106 valence electrons. The molecular weight excluding hydrogens is 258 g/mol. The van der Waals surface area contributed by atoms with E-state index in [1.54, 1.807) is 11.8 Å². The fraction of sp³-hybridized carbons (Fsp3) is 0.533. The first kappa shape index (κ1) is 16.1. The highest BCUT2D eigenvalue weighted by atomic mass is 32.2. The maximum atomic E-state index is 11.8. The Labute approximate surface area is 119 Å². The number of hydrogen-bond acceptors (Lipinski definition) is 3. The van der Waals surface area contributed by atoms with Crippen molar-refractivity contribution in [2.45, 2.75) is 38.0 Å². The molecule has 0 aliphatic carbocycles. The molecule has 0 saturated heterocycles. The first-order valence-electron chi connectivity index (χ1n) is 6.55. The van der Waals surface area contributed by atoms with Crippen LogP contribution in [0.25, 0.3) is 0 Å². The maximum Gasteiger partial charge on any atom is 0.220 e. The number of benzene rings is 1. The zero-order chi connectivity index (χ0) is 14.3. The van der Waals surface area contributed by atoms with Gasteiger partial charge in [-0.1, -0.05) is 29.8 Å². The van der Waals surface area contributed by atoms with E-state index < -0.39 is 0 Å². The number of aryl methyl sites for hydroxylation is 2. The van der Waals surface area contributed by atoms with Crippen LogP contribution >= 0.6 is 11.8 Å². The van der Waals surface area contributed by atoms with Crippen LogP contribution in [-0.2, 0) is 11.2 Å². The minimum atomic E-state index is -0.00925. The second kappa shape index (κ2) is 8.23. The Balaban J connectivity index is 2.39. The number of thioether (sulfide) groups is 1. The second-order valence-corrected chi connectivity index (χ2v) is 5.88. The van der Waals surface area contributed by atoms with Gasteiger partial charge in [0, 0.05) is 17.7 Å². The molecule has 0 aliphatic heterocycles. The lowest BCUT2D eigenvalue weighted by molar-refractivity contribution is -0.121. The van der Waals surface area contributed by atoms with Gasteiger partial charge >= 0.3 is 0 Å². The van der Waals surface area contributed by atoms with E-state index in [1.165, 1.54) is 11.1 Å². The van der Waals surface area contributed by atoms with Crippen LogP contribution in [-0.4, -0.2) is 35.2 Å². The van der Waals surface area contributed by atoms with Gasteiger partial charge in [-0.05, 0) is 32.1 Å². The molecule has 3 nitrogen and oxygen atoms in total. The fourth-order valence-electron chi connectivity index (χ4n) is 1.98. The number of carbonyl (C=O) groups is 1. The average molecular weight is 281 g/mol. The SMILES string of the molecule is CSC(CO)C(C)NC(=O)CCc1cccc(C)c1. The lowest BCUT2D eigenvalue weighted by Gasteiger charge is -2.21. The molecule has 19 heavy (non-hydrogen) atoms. The van der Waals surface area contributed by atoms with Gasteiger partial charge in [-0.25, -0.2) is 0 Å². The number of rotatable bonds is 7. The minimum Gasteiger partial charge on any atom is -0.395 e. The molecule has 1 amide bonds. The smallest absolute Gasteiger partial charge is 0.220 e. The predicted octanol–water partition coefficient (Wildman–Crippen LogP) is 2.16. The third-order valence-corrected chi connectivity index (χ3v) is 4.32. The van der Waals surface area contributed by atoms with Gasteiger partial charge in [-0.2, -0.15) is 11.8 Å². The molecule has 0 aromatic heterocycles. The normalized spacial score (nSPS) is 13.9. The molecule has 1 aromatic carbocycles. The summed E-state index contributed by atoms with van der Waals surface area (Å²) in [5.74, 6) is 0.0431. The molecule has 2 N–H and O–H groups in total. The van der Waals surface area contributed by atoms with Crippen LogP contribution in [0.3, 0.4) is 0 Å². The van der Waals surface area contributed by atoms with E-state index in [1.807, 2.05) is 25.3 Å². The third-order valence-electron chi connectivity index (χ3n) is 3.15. The van der Waals surface area contributed by atoms with Crippen molar-refractivity contribution in [1.82, 2.24) is 5.32 Å². The van der Waals surface area contributed by atoms with Crippen molar-refractivity contribution >= 4 is 17.7 Å². The van der Waals surface area contributed by atoms with E-state index in [9.17, 15) is 9.90 Å². The molecule has 0 bridgehead atoms. The van der Waals surface area contributed by atoms with Crippen molar-refractivity contribution in [3.63, 3.8) is 0 Å². The Kier molecular flexibility index (Phi) is 6.95. The maximum absolute atomic E-state index is 11.8. The Morgan fingerprint density at radius 2 is 2.21 bits per heavy atom. The first-order chi connectivity index (χ1) is 9.06. The summed E-state index contributed by atoms with van der Waals surface area (Å²) in [6.45, 7) is 4.07. The van der Waals surface area contributed by atoms with Crippen LogP contribution in [0.2, 0.25) is 0 Å². The number of carbonyl (C=O) groups excluding carboxylic acids is 1. The zero-order valence-corrected chi connectivity index (χ0v) is 12.7. The minimum absolute atomic E-state index is 0.00925. The summed E-state index contributed by atoms with van der Waals surface area (Å²) in [7, 11) is 0. The summed E-state index contributed by atoms with van der Waals surface area (Å²) in [5.41, 5.74) is 2.40. The predicted molar refractivity (Wildman–Crippen MR) is 81.5 cm³/mol. The van der Waals surface area contributed by atoms with E-state index in [0.29, 0.717) is 6.42 Å². The zero-order valence-electron chi connectivity index (χ0n) is 11.8. The Bertz CT molecular complexity index is 405. The van der Waals surface area contributed by atoms with Crippen molar-refractivity contribution in [2.24, 2.45) is 0 Å². The van der Waals surface area contributed by atoms with Gasteiger partial charge in [0.2, 0.25) is 5.91 Å². The lowest BCUT2D eigenvalue weighted by atomic mass is 10.1. The van der Waals surface area contributed by atoms with Crippen LogP contribution in [0.15, 0.2) is 24.3 Å². The van der Waals surface area contributed by atoms with Crippen LogP contribution in [0.4, 0.5) is 0 Å². The third kappa shape index (κ3) is 5.66. The highest BCUT2D eigenvalue weighted by Crippen LogP contribution is 2.11. The van der Waals surface area contributed by atoms with Crippen molar-refractivity contribution in [1.29, 1.82) is 0 Å². The molecule has 1 aromatic rings. The Morgan fingerprint density at radius 1 is 1.47 bits per heavy atom. The summed E-state index contributed by atoms with van der Waals surface area (Å²) in [5, 5.41) is 12.2. The van der Waals surface area contributed by atoms with E-state index in [4.69, 9.17) is 0 Å². The average Bonchev–Trinajstić information content (AvgIpc) is 2.38. The van der Waals surface area contributed by atoms with Gasteiger partial charge in [0.25, 0.3) is 0 Å². The number of nitrogens with one attached hydrogen (secondary N) is 1. The van der Waals surface area contributed by atoms with Gasteiger partial charge < -0.3 is 10.4 Å². The van der Waals surface area contributed by atoms with Crippen LogP contribution in [0, 0.1) is 6.92 Å². The van der Waals surface area contributed by atoms with Gasteiger partial charge in [0.15, 0.2) is 0 Å². The van der Waals surface area contributed by atoms with Crippen molar-refractivity contribution in [2.75, 3.05) is 12.9 Å². The number of hydrogen-bond donors (Lipinski definition) is 2. The molecule has 0 heterocycles. The quantitative estimate of drug-likeness (QED) is 0.805. The summed E-state index contributed by atoms with van der Waals surface area (Å²) in [4.78, 5) is 11.8. The van der Waals surface area contributed by atoms with E-state index in [0.717, 1.165) is 6.42 Å². The molecule has 0 saturated carbocycles. The largest absolute Gasteiger partial charge is 0.395 e. The van der Waals surface area contributed by atoms with Gasteiger partial charge in [-0.15, -0.1) is 0 Å². The van der Waals surface area contributed by atoms with Crippen molar-refractivity contribution in [3.05, 3.63) is 35.4 Å². The van der Waals surface area contributed by atoms with E-state index >= 15 is 0 Å². The molecular formula is C15H23NO2S. The molecule has 1 rings (SSSR count). The molecule has 4 heteroatoms. The molecule has 0 aliphatic rings. The fourth-order valence-corrected chi connectivity index (χ4v) is 2.61. The standard InChI is InChI=1S/C15H23NO2S/c1-11-5-4-6-13(9-11)7-8-15(18)16-12(2)14(10-17)19-3/h4-6,9,12,14,17H,7-8,10H2,1-3H3,(H,16,18). The summed E-state index contributed by atoms with van der Waals surface area (Å²) in [6.07, 6.45) is 3.18. The van der Waals surface area contributed by atoms with Gasteiger partial charge in [-0.3, -0.25) is 4.79 Å². The van der Waals surface area contributed by atoms with Crippen molar-refractivity contribution in [3.8, 4) is 0 Å². The van der Waals surface area contributed by atoms with E-state index in [-0.39, 0.29) is 23.8 Å². The second-order valence-electron chi connectivity index (χ2n) is 4.80. The number of amides is 1. The first-order valence-corrected chi connectivity index (χ1v) is 7.84. The number of aliphatic hydroxyl groups is 1. The van der Waals surface area contributed by atoms with E-state index in [2.05, 4.69) is 24.4 Å². The molecule has 0 radical (unpaired) electrons. The Morgan fingerprint density at radius 3 is 2.79 bits per heavy atom. The molecule has 0 fully saturated rings. The molecule has 0 spiro atoms. The summed E-state index contributed by atoms with van der Waals surface area (Å²) >= 11 is 1.57. The summed E-state index contributed by atoms with van der Waals surface area (Å²) < 4.78 is 0. The van der Waals surface area contributed by atoms with Crippen LogP contribution < -0.4 is 5.32 Å². The topological polar surface area (TPSA) is 49.3 Å². The van der Waals surface area contributed by atoms with Gasteiger partial charge in [0.05, 0.1) is 6.61 Å². The van der Waals surface area contributed by atoms with Crippen molar-refractivity contribution < 1.29 is 9.90 Å². The Hall–Kier alpha value is -1.00. The lowest BCUT2D eigenvalue weighted by Crippen LogP contribution is -2.41.